The van der Waals surface area contributed by atoms with Gasteiger partial charge in [0.15, 0.2) is 0 Å². The summed E-state index contributed by atoms with van der Waals surface area (Å²) in [6.07, 6.45) is 0.650. The molecule has 2 heterocycles. The van der Waals surface area contributed by atoms with Crippen molar-refractivity contribution < 1.29 is 31.2 Å². The van der Waals surface area contributed by atoms with Gasteiger partial charge in [-0.3, -0.25) is 9.59 Å². The Balaban J connectivity index is 1.41. The SMILES string of the molecule is C=CC(=O)NC1CCN(S(=O)(=O)C2CCN(C(=O)c3cccc(C(F)(F)F)c3)CC2)C2(CCC2)C1. The minimum atomic E-state index is -4.54. The first-order chi connectivity index (χ1) is 16.5. The normalized spacial score (nSPS) is 23.5. The third-order valence-electron chi connectivity index (χ3n) is 7.55. The van der Waals surface area contributed by atoms with Crippen LogP contribution < -0.4 is 5.32 Å². The smallest absolute Gasteiger partial charge is 0.350 e. The van der Waals surface area contributed by atoms with Gasteiger partial charge in [-0.1, -0.05) is 12.6 Å². The number of sulfonamides is 1. The van der Waals surface area contributed by atoms with Crippen molar-refractivity contribution >= 4 is 21.8 Å². The van der Waals surface area contributed by atoms with E-state index in [2.05, 4.69) is 11.9 Å². The number of alkyl halides is 3. The van der Waals surface area contributed by atoms with Gasteiger partial charge in [0.05, 0.1) is 10.8 Å². The Morgan fingerprint density at radius 2 is 1.80 bits per heavy atom. The molecule has 3 aliphatic rings. The molecule has 3 fully saturated rings. The molecule has 1 aromatic rings. The Bertz CT molecular complexity index is 1090. The molecule has 0 bridgehead atoms. The average molecular weight is 514 g/mol. The van der Waals surface area contributed by atoms with Crippen LogP contribution in [0.4, 0.5) is 13.2 Å². The summed E-state index contributed by atoms with van der Waals surface area (Å²) in [4.78, 5) is 26.0. The van der Waals surface area contributed by atoms with Gasteiger partial charge in [-0.15, -0.1) is 0 Å². The molecular weight excluding hydrogens is 483 g/mol. The van der Waals surface area contributed by atoms with Crippen molar-refractivity contribution in [2.24, 2.45) is 0 Å². The van der Waals surface area contributed by atoms with Crippen molar-refractivity contribution in [1.29, 1.82) is 0 Å². The molecule has 0 radical (unpaired) electrons. The molecule has 1 atom stereocenters. The second kappa shape index (κ2) is 9.57. The highest BCUT2D eigenvalue weighted by atomic mass is 32.2. The maximum absolute atomic E-state index is 13.6. The molecule has 1 unspecified atom stereocenters. The van der Waals surface area contributed by atoms with E-state index < -0.39 is 38.5 Å². The van der Waals surface area contributed by atoms with Crippen molar-refractivity contribution in [2.45, 2.75) is 68.0 Å². The van der Waals surface area contributed by atoms with Crippen molar-refractivity contribution in [3.8, 4) is 0 Å². The van der Waals surface area contributed by atoms with Crippen molar-refractivity contribution in [3.63, 3.8) is 0 Å². The molecule has 1 aliphatic carbocycles. The Hall–Kier alpha value is -2.40. The van der Waals surface area contributed by atoms with E-state index in [1.807, 2.05) is 0 Å². The highest BCUT2D eigenvalue weighted by molar-refractivity contribution is 7.89. The number of amides is 2. The van der Waals surface area contributed by atoms with Crippen LogP contribution in [0.15, 0.2) is 36.9 Å². The van der Waals surface area contributed by atoms with Crippen LogP contribution in [0.2, 0.25) is 0 Å². The number of carbonyl (C=O) groups excluding carboxylic acids is 2. The summed E-state index contributed by atoms with van der Waals surface area (Å²) in [5, 5.41) is 2.25. The van der Waals surface area contributed by atoms with Gasteiger partial charge in [-0.2, -0.15) is 17.5 Å². The Kier molecular flexibility index (Phi) is 7.02. The van der Waals surface area contributed by atoms with Crippen LogP contribution in [-0.2, 0) is 21.0 Å². The van der Waals surface area contributed by atoms with E-state index in [1.165, 1.54) is 23.1 Å². The van der Waals surface area contributed by atoms with Crippen molar-refractivity contribution in [3.05, 3.63) is 48.0 Å². The molecule has 192 valence electrons. The van der Waals surface area contributed by atoms with Gasteiger partial charge in [0, 0.05) is 36.8 Å². The highest BCUT2D eigenvalue weighted by Crippen LogP contribution is 2.47. The van der Waals surface area contributed by atoms with Gasteiger partial charge < -0.3 is 10.2 Å². The summed E-state index contributed by atoms with van der Waals surface area (Å²) in [5.74, 6) is -0.792. The summed E-state index contributed by atoms with van der Waals surface area (Å²) in [6.45, 7) is 4.12. The summed E-state index contributed by atoms with van der Waals surface area (Å²) in [5.41, 5.74) is -1.43. The van der Waals surface area contributed by atoms with Crippen LogP contribution in [-0.4, -0.2) is 65.9 Å². The largest absolute Gasteiger partial charge is 0.416 e. The second-order valence-electron chi connectivity index (χ2n) is 9.67. The minimum Gasteiger partial charge on any atom is -0.350 e. The van der Waals surface area contributed by atoms with Crippen molar-refractivity contribution in [2.75, 3.05) is 19.6 Å². The van der Waals surface area contributed by atoms with E-state index in [4.69, 9.17) is 0 Å². The number of benzene rings is 1. The third kappa shape index (κ3) is 5.11. The van der Waals surface area contributed by atoms with Gasteiger partial charge in [-0.25, -0.2) is 8.42 Å². The summed E-state index contributed by atoms with van der Waals surface area (Å²) < 4.78 is 67.9. The van der Waals surface area contributed by atoms with E-state index >= 15 is 0 Å². The molecule has 2 saturated heterocycles. The molecule has 35 heavy (non-hydrogen) atoms. The number of likely N-dealkylation sites (tertiary alicyclic amines) is 1. The third-order valence-corrected chi connectivity index (χ3v) is 10.0. The van der Waals surface area contributed by atoms with E-state index in [1.54, 1.807) is 4.31 Å². The van der Waals surface area contributed by atoms with Gasteiger partial charge in [-0.05, 0) is 69.2 Å². The highest BCUT2D eigenvalue weighted by Gasteiger charge is 2.53. The first-order valence-electron chi connectivity index (χ1n) is 11.9. The Morgan fingerprint density at radius 3 is 2.37 bits per heavy atom. The monoisotopic (exact) mass is 513 g/mol. The van der Waals surface area contributed by atoms with Gasteiger partial charge in [0.1, 0.15) is 0 Å². The quantitative estimate of drug-likeness (QED) is 0.612. The summed E-state index contributed by atoms with van der Waals surface area (Å²) in [6, 6.07) is 4.19. The van der Waals surface area contributed by atoms with Crippen LogP contribution in [0.1, 0.15) is 60.9 Å². The van der Waals surface area contributed by atoms with Gasteiger partial charge in [0.2, 0.25) is 15.9 Å². The summed E-state index contributed by atoms with van der Waals surface area (Å²) >= 11 is 0. The number of nitrogens with zero attached hydrogens (tertiary/aromatic N) is 2. The van der Waals surface area contributed by atoms with Gasteiger partial charge >= 0.3 is 6.18 Å². The minimum absolute atomic E-state index is 0.0572. The van der Waals surface area contributed by atoms with Crippen LogP contribution in [0.5, 0.6) is 0 Å². The topological polar surface area (TPSA) is 86.8 Å². The molecule has 2 amide bonds. The van der Waals surface area contributed by atoms with Crippen molar-refractivity contribution in [1.82, 2.24) is 14.5 Å². The molecule has 4 rings (SSSR count). The van der Waals surface area contributed by atoms with E-state index in [0.717, 1.165) is 31.4 Å². The fraction of sp³-hybridized carbons (Fsp3) is 0.583. The fourth-order valence-corrected chi connectivity index (χ4v) is 7.86. The summed E-state index contributed by atoms with van der Waals surface area (Å²) in [7, 11) is -3.64. The van der Waals surface area contributed by atoms with Crippen LogP contribution in [0.3, 0.4) is 0 Å². The molecular formula is C24H30F3N3O4S. The molecule has 0 aromatic heterocycles. The standard InChI is InChI=1S/C24H30F3N3O4S/c1-2-21(31)28-19-7-14-30(23(16-19)10-4-11-23)35(33,34)20-8-12-29(13-9-20)22(32)17-5-3-6-18(15-17)24(25,26)27/h2-3,5-6,15,19-20H,1,4,7-14,16H2,(H,28,31). The zero-order valence-corrected chi connectivity index (χ0v) is 20.2. The molecule has 1 N–H and O–H groups in total. The average Bonchev–Trinajstić information content (AvgIpc) is 2.82. The molecule has 7 nitrogen and oxygen atoms in total. The lowest BCUT2D eigenvalue weighted by atomic mass is 9.70. The number of hydrogen-bond donors (Lipinski definition) is 1. The maximum atomic E-state index is 13.6. The maximum Gasteiger partial charge on any atom is 0.416 e. The first-order valence-corrected chi connectivity index (χ1v) is 13.4. The number of carbonyl (C=O) groups is 2. The number of hydrogen-bond acceptors (Lipinski definition) is 4. The number of rotatable bonds is 5. The zero-order chi connectivity index (χ0) is 25.4. The lowest BCUT2D eigenvalue weighted by molar-refractivity contribution is -0.137. The predicted octanol–water partition coefficient (Wildman–Crippen LogP) is 3.33. The van der Waals surface area contributed by atoms with E-state index in [-0.39, 0.29) is 43.4 Å². The van der Waals surface area contributed by atoms with Crippen LogP contribution >= 0.6 is 0 Å². The predicted molar refractivity (Wildman–Crippen MR) is 124 cm³/mol. The van der Waals surface area contributed by atoms with Gasteiger partial charge in [0.25, 0.3) is 5.91 Å². The molecule has 11 heteroatoms. The molecule has 2 aliphatic heterocycles. The Labute approximate surface area is 203 Å². The lowest BCUT2D eigenvalue weighted by Gasteiger charge is -2.55. The first kappa shape index (κ1) is 25.7. The molecule has 1 aromatic carbocycles. The fourth-order valence-electron chi connectivity index (χ4n) is 5.54. The zero-order valence-electron chi connectivity index (χ0n) is 19.4. The van der Waals surface area contributed by atoms with E-state index in [9.17, 15) is 31.2 Å². The second-order valence-corrected chi connectivity index (χ2v) is 11.8. The van der Waals surface area contributed by atoms with E-state index in [0.29, 0.717) is 19.4 Å². The molecule has 1 saturated carbocycles. The number of nitrogens with one attached hydrogen (secondary N) is 1. The van der Waals surface area contributed by atoms with Crippen LogP contribution in [0.25, 0.3) is 0 Å². The van der Waals surface area contributed by atoms with Crippen LogP contribution in [0, 0.1) is 0 Å². The number of halogens is 3. The Morgan fingerprint density at radius 1 is 1.11 bits per heavy atom. The number of piperidine rings is 2. The lowest BCUT2D eigenvalue weighted by Crippen LogP contribution is -2.64. The molecule has 1 spiro atoms.